The van der Waals surface area contributed by atoms with Gasteiger partial charge in [-0.3, -0.25) is 0 Å². The highest BCUT2D eigenvalue weighted by atomic mass is 19.4. The summed E-state index contributed by atoms with van der Waals surface area (Å²) >= 11 is 0. The highest BCUT2D eigenvalue weighted by molar-refractivity contribution is 5.88. The zero-order valence-electron chi connectivity index (χ0n) is 16.5. The van der Waals surface area contributed by atoms with Crippen molar-refractivity contribution in [3.8, 4) is 11.5 Å². The number of carboxylic acid groups (broad SMARTS) is 1. The lowest BCUT2D eigenvalue weighted by Crippen LogP contribution is -2.15. The third kappa shape index (κ3) is 7.16. The van der Waals surface area contributed by atoms with Crippen molar-refractivity contribution in [2.45, 2.75) is 32.1 Å². The molecule has 0 saturated carbocycles. The van der Waals surface area contributed by atoms with Gasteiger partial charge in [-0.2, -0.15) is 26.3 Å². The van der Waals surface area contributed by atoms with Crippen LogP contribution < -0.4 is 0 Å². The zero-order chi connectivity index (χ0) is 24.0. The molecule has 10 heteroatoms. The van der Waals surface area contributed by atoms with E-state index in [0.717, 1.165) is 6.26 Å². The van der Waals surface area contributed by atoms with E-state index in [2.05, 4.69) is 18.1 Å². The Bertz CT molecular complexity index is 970. The molecule has 1 N–H and O–H groups in total. The Morgan fingerprint density at radius 1 is 1.16 bits per heavy atom. The Kier molecular flexibility index (Phi) is 8.42. The van der Waals surface area contributed by atoms with Gasteiger partial charge in [0.2, 0.25) is 5.89 Å². The van der Waals surface area contributed by atoms with Crippen LogP contribution in [0, 0.1) is 0 Å². The van der Waals surface area contributed by atoms with E-state index in [-0.39, 0.29) is 28.8 Å². The van der Waals surface area contributed by atoms with E-state index in [1.54, 1.807) is 0 Å². The van der Waals surface area contributed by atoms with E-state index in [9.17, 15) is 31.1 Å². The summed E-state index contributed by atoms with van der Waals surface area (Å²) < 4.78 is 82.5. The Hall–Kier alpha value is -3.30. The van der Waals surface area contributed by atoms with Crippen LogP contribution in [-0.4, -0.2) is 28.4 Å². The molecule has 0 saturated heterocycles. The molecule has 0 spiro atoms. The first-order chi connectivity index (χ1) is 14.3. The number of carboxylic acids is 1. The van der Waals surface area contributed by atoms with E-state index in [0.29, 0.717) is 13.0 Å². The topological polar surface area (TPSA) is 63.3 Å². The molecule has 1 aromatic heterocycles. The monoisotopic (exact) mass is 447 g/mol. The number of halogens is 6. The van der Waals surface area contributed by atoms with E-state index in [4.69, 9.17) is 9.52 Å². The molecule has 168 valence electrons. The molecule has 0 radical (unpaired) electrons. The smallest absolute Gasteiger partial charge is 0.416 e. The molecule has 0 amide bonds. The highest BCUT2D eigenvalue weighted by Crippen LogP contribution is 2.34. The quantitative estimate of drug-likeness (QED) is 0.306. The number of aromatic carboxylic acids is 1. The van der Waals surface area contributed by atoms with Crippen LogP contribution in [0.4, 0.5) is 26.3 Å². The molecule has 1 heterocycles. The summed E-state index contributed by atoms with van der Waals surface area (Å²) in [6, 6.07) is 5.55. The molecule has 0 aliphatic carbocycles. The van der Waals surface area contributed by atoms with Gasteiger partial charge in [0.05, 0.1) is 16.8 Å². The molecule has 4 nitrogen and oxygen atoms in total. The van der Waals surface area contributed by atoms with Crippen molar-refractivity contribution in [1.82, 2.24) is 4.98 Å². The third-order valence-corrected chi connectivity index (χ3v) is 3.92. The molecule has 1 atom stereocenters. The van der Waals surface area contributed by atoms with Crippen molar-refractivity contribution in [2.24, 2.45) is 0 Å². The van der Waals surface area contributed by atoms with Crippen LogP contribution in [0.25, 0.3) is 11.5 Å². The number of aromatic nitrogens is 1. The Labute approximate surface area is 174 Å². The van der Waals surface area contributed by atoms with Gasteiger partial charge < -0.3 is 9.52 Å². The van der Waals surface area contributed by atoms with E-state index >= 15 is 0 Å². The summed E-state index contributed by atoms with van der Waals surface area (Å²) in [5, 5.41) is 9.00. The molecule has 1 aromatic carbocycles. The molecule has 0 fully saturated rings. The second-order valence-electron chi connectivity index (χ2n) is 6.20. The lowest BCUT2D eigenvalue weighted by molar-refractivity contribution is -0.0955. The number of benzene rings is 1. The van der Waals surface area contributed by atoms with E-state index in [1.807, 2.05) is 0 Å². The predicted octanol–water partition coefficient (Wildman–Crippen LogP) is 6.94. The van der Waals surface area contributed by atoms with Gasteiger partial charge in [-0.1, -0.05) is 19.1 Å². The van der Waals surface area contributed by atoms with Crippen molar-refractivity contribution in [3.05, 3.63) is 78.2 Å². The molecule has 31 heavy (non-hydrogen) atoms. The van der Waals surface area contributed by atoms with Gasteiger partial charge in [0, 0.05) is 17.1 Å². The Morgan fingerprint density at radius 3 is 2.29 bits per heavy atom. The first-order valence-electron chi connectivity index (χ1n) is 8.62. The second kappa shape index (κ2) is 10.1. The maximum atomic E-state index is 13.2. The predicted molar refractivity (Wildman–Crippen MR) is 103 cm³/mol. The number of allylic oxidation sites excluding steroid dienone is 4. The van der Waals surface area contributed by atoms with Gasteiger partial charge in [-0.25, -0.2) is 9.78 Å². The Morgan fingerprint density at radius 2 is 1.77 bits per heavy atom. The SMILES string of the molecule is C/C(=C\C(=C/C(C)c1coc(-c2cccc(C(=O)O)c2)n1)C(F)(F)F)C(F)(F)F.C=C. The molecule has 2 aromatic rings. The summed E-state index contributed by atoms with van der Waals surface area (Å²) in [7, 11) is 0. The second-order valence-corrected chi connectivity index (χ2v) is 6.20. The summed E-state index contributed by atoms with van der Waals surface area (Å²) in [4.78, 5) is 15.1. The first kappa shape index (κ1) is 25.7. The minimum absolute atomic E-state index is 0.0288. The van der Waals surface area contributed by atoms with Crippen LogP contribution in [0.15, 0.2) is 71.4 Å². The number of rotatable bonds is 5. The zero-order valence-corrected chi connectivity index (χ0v) is 16.5. The van der Waals surface area contributed by atoms with Gasteiger partial charge in [0.25, 0.3) is 0 Å². The number of carbonyl (C=O) groups is 1. The normalized spacial score (nSPS) is 13.9. The lowest BCUT2D eigenvalue weighted by Gasteiger charge is -2.13. The summed E-state index contributed by atoms with van der Waals surface area (Å²) in [5.74, 6) is -2.24. The van der Waals surface area contributed by atoms with E-state index < -0.39 is 35.4 Å². The molecule has 0 aliphatic heterocycles. The fourth-order valence-electron chi connectivity index (χ4n) is 2.31. The molecular weight excluding hydrogens is 428 g/mol. The van der Waals surface area contributed by atoms with Gasteiger partial charge in [-0.15, -0.1) is 13.2 Å². The van der Waals surface area contributed by atoms with E-state index in [1.165, 1.54) is 31.2 Å². The third-order valence-electron chi connectivity index (χ3n) is 3.92. The van der Waals surface area contributed by atoms with Gasteiger partial charge in [0.1, 0.15) is 6.26 Å². The summed E-state index contributed by atoms with van der Waals surface area (Å²) in [6.45, 7) is 7.87. The van der Waals surface area contributed by atoms with Crippen molar-refractivity contribution < 1.29 is 40.7 Å². The highest BCUT2D eigenvalue weighted by Gasteiger charge is 2.36. The van der Waals surface area contributed by atoms with Crippen LogP contribution in [0.5, 0.6) is 0 Å². The molecule has 1 unspecified atom stereocenters. The van der Waals surface area contributed by atoms with Crippen molar-refractivity contribution in [1.29, 1.82) is 0 Å². The molecule has 2 rings (SSSR count). The number of hydrogen-bond acceptors (Lipinski definition) is 3. The standard InChI is InChI=1S/C19H15F6NO3.C2H4/c1-10(6-14(19(23,24)25)7-11(2)18(20,21)22)15-9-29-16(26-15)12-4-3-5-13(8-12)17(27)28;1-2/h3-10H,1-2H3,(H,27,28);1-2H2/b11-7+,14-6+;. The summed E-state index contributed by atoms with van der Waals surface area (Å²) in [6.07, 6.45) is -8.16. The van der Waals surface area contributed by atoms with Gasteiger partial charge in [-0.05, 0) is 31.2 Å². The fraction of sp³-hybridized carbons (Fsp3) is 0.238. The Balaban J connectivity index is 0.00000233. The lowest BCUT2D eigenvalue weighted by atomic mass is 10.0. The summed E-state index contributed by atoms with van der Waals surface area (Å²) in [5.41, 5.74) is -2.56. The number of nitrogens with zero attached hydrogens (tertiary/aromatic N) is 1. The first-order valence-corrected chi connectivity index (χ1v) is 8.62. The average Bonchev–Trinajstić information content (AvgIpc) is 3.18. The van der Waals surface area contributed by atoms with Crippen molar-refractivity contribution in [3.63, 3.8) is 0 Å². The van der Waals surface area contributed by atoms with Gasteiger partial charge >= 0.3 is 18.3 Å². The largest absolute Gasteiger partial charge is 0.478 e. The van der Waals surface area contributed by atoms with Crippen molar-refractivity contribution >= 4 is 5.97 Å². The molecular formula is C21H19F6NO3. The van der Waals surface area contributed by atoms with Crippen molar-refractivity contribution in [2.75, 3.05) is 0 Å². The molecule has 0 aliphatic rings. The van der Waals surface area contributed by atoms with Crippen LogP contribution in [-0.2, 0) is 0 Å². The minimum atomic E-state index is -5.00. The van der Waals surface area contributed by atoms with Crippen LogP contribution >= 0.6 is 0 Å². The number of hydrogen-bond donors (Lipinski definition) is 1. The maximum Gasteiger partial charge on any atom is 0.416 e. The number of alkyl halides is 6. The maximum absolute atomic E-state index is 13.2. The van der Waals surface area contributed by atoms with Gasteiger partial charge in [0.15, 0.2) is 0 Å². The fourth-order valence-corrected chi connectivity index (χ4v) is 2.31. The van der Waals surface area contributed by atoms with Crippen LogP contribution in [0.1, 0.15) is 35.8 Å². The van der Waals surface area contributed by atoms with Crippen LogP contribution in [0.3, 0.4) is 0 Å². The molecule has 0 bridgehead atoms. The minimum Gasteiger partial charge on any atom is -0.478 e. The number of oxazole rings is 1. The average molecular weight is 447 g/mol. The van der Waals surface area contributed by atoms with Crippen LogP contribution in [0.2, 0.25) is 0 Å².